The zero-order chi connectivity index (χ0) is 14.7. The van der Waals surface area contributed by atoms with Gasteiger partial charge in [0.25, 0.3) is 0 Å². The molecule has 3 nitrogen and oxygen atoms in total. The van der Waals surface area contributed by atoms with E-state index in [-0.39, 0.29) is 0 Å². The van der Waals surface area contributed by atoms with Gasteiger partial charge in [-0.3, -0.25) is 0 Å². The molecule has 3 aliphatic rings. The largest absolute Gasteiger partial charge is 0.314 e. The van der Waals surface area contributed by atoms with Gasteiger partial charge in [0.2, 0.25) is 0 Å². The maximum Gasteiger partial charge on any atom is 0.0111 e. The lowest BCUT2D eigenvalue weighted by atomic mass is 9.94. The molecule has 0 aromatic rings. The summed E-state index contributed by atoms with van der Waals surface area (Å²) in [7, 11) is 4.67. The maximum absolute atomic E-state index is 3.85. The first kappa shape index (κ1) is 15.8. The fraction of sp³-hybridized carbons (Fsp3) is 1.00. The Morgan fingerprint density at radius 2 is 1.67 bits per heavy atom. The number of fused-ring (bicyclic) bond motifs is 2. The first-order valence-corrected chi connectivity index (χ1v) is 9.39. The van der Waals surface area contributed by atoms with Gasteiger partial charge in [-0.15, -0.1) is 0 Å². The SMILES string of the molecule is CN(CCCNC1CC2CCC(C1)N2C)C1CCCCC1. The first-order chi connectivity index (χ1) is 10.2. The molecule has 2 bridgehead atoms. The predicted octanol–water partition coefficient (Wildman–Crippen LogP) is 2.86. The highest BCUT2D eigenvalue weighted by Gasteiger charge is 2.37. The number of nitrogens with one attached hydrogen (secondary N) is 1. The molecule has 2 aliphatic heterocycles. The van der Waals surface area contributed by atoms with Gasteiger partial charge in [0.15, 0.2) is 0 Å². The highest BCUT2D eigenvalue weighted by molar-refractivity contribution is 4.95. The normalized spacial score (nSPS) is 34.7. The number of piperidine rings is 1. The topological polar surface area (TPSA) is 18.5 Å². The third-order valence-electron chi connectivity index (χ3n) is 6.42. The zero-order valence-corrected chi connectivity index (χ0v) is 14.2. The second-order valence-electron chi connectivity index (χ2n) is 7.80. The molecule has 2 atom stereocenters. The zero-order valence-electron chi connectivity index (χ0n) is 14.2. The molecule has 1 aliphatic carbocycles. The lowest BCUT2D eigenvalue weighted by Crippen LogP contribution is -2.47. The number of nitrogens with zero attached hydrogens (tertiary/aromatic N) is 2. The molecule has 0 radical (unpaired) electrons. The van der Waals surface area contributed by atoms with Crippen molar-refractivity contribution in [2.45, 2.75) is 88.4 Å². The van der Waals surface area contributed by atoms with Crippen LogP contribution in [0, 0.1) is 0 Å². The van der Waals surface area contributed by atoms with Crippen LogP contribution in [0.4, 0.5) is 0 Å². The molecule has 3 heteroatoms. The van der Waals surface area contributed by atoms with Gasteiger partial charge in [-0.05, 0) is 72.1 Å². The first-order valence-electron chi connectivity index (χ1n) is 9.39. The Kier molecular flexibility index (Phi) is 5.58. The van der Waals surface area contributed by atoms with E-state index in [2.05, 4.69) is 29.2 Å². The third kappa shape index (κ3) is 4.00. The Bertz CT molecular complexity index is 300. The standard InChI is InChI=1S/C18H35N3/c1-20(16-7-4-3-5-8-16)12-6-11-19-15-13-17-9-10-18(14-15)21(17)2/h15-19H,3-14H2,1-2H3. The molecule has 2 saturated heterocycles. The number of rotatable bonds is 6. The number of hydrogen-bond acceptors (Lipinski definition) is 3. The van der Waals surface area contributed by atoms with Crippen LogP contribution >= 0.6 is 0 Å². The van der Waals surface area contributed by atoms with Gasteiger partial charge in [-0.25, -0.2) is 0 Å². The summed E-state index contributed by atoms with van der Waals surface area (Å²) in [4.78, 5) is 5.26. The van der Waals surface area contributed by atoms with E-state index in [4.69, 9.17) is 0 Å². The van der Waals surface area contributed by atoms with Crippen molar-refractivity contribution < 1.29 is 0 Å². The van der Waals surface area contributed by atoms with E-state index < -0.39 is 0 Å². The van der Waals surface area contributed by atoms with Gasteiger partial charge in [-0.2, -0.15) is 0 Å². The Labute approximate surface area is 131 Å². The average molecular weight is 293 g/mol. The Morgan fingerprint density at radius 3 is 2.33 bits per heavy atom. The summed E-state index contributed by atoms with van der Waals surface area (Å²) < 4.78 is 0. The van der Waals surface area contributed by atoms with Crippen molar-refractivity contribution in [3.63, 3.8) is 0 Å². The minimum absolute atomic E-state index is 0.790. The van der Waals surface area contributed by atoms with E-state index in [0.717, 1.165) is 24.2 Å². The quantitative estimate of drug-likeness (QED) is 0.760. The second-order valence-corrected chi connectivity index (χ2v) is 7.80. The van der Waals surface area contributed by atoms with Crippen LogP contribution in [-0.2, 0) is 0 Å². The van der Waals surface area contributed by atoms with E-state index in [1.807, 2.05) is 0 Å². The molecular formula is C18H35N3. The van der Waals surface area contributed by atoms with Gasteiger partial charge in [0.1, 0.15) is 0 Å². The van der Waals surface area contributed by atoms with Crippen molar-refractivity contribution in [2.75, 3.05) is 27.2 Å². The van der Waals surface area contributed by atoms with Crippen LogP contribution in [0.2, 0.25) is 0 Å². The van der Waals surface area contributed by atoms with Crippen LogP contribution in [0.1, 0.15) is 64.2 Å². The molecule has 0 spiro atoms. The molecule has 3 rings (SSSR count). The summed E-state index contributed by atoms with van der Waals surface area (Å²) in [6.45, 7) is 2.49. The smallest absolute Gasteiger partial charge is 0.0111 e. The molecule has 1 saturated carbocycles. The van der Waals surface area contributed by atoms with Crippen LogP contribution in [0.15, 0.2) is 0 Å². The van der Waals surface area contributed by atoms with Crippen molar-refractivity contribution in [3.05, 3.63) is 0 Å². The Hall–Kier alpha value is -0.120. The van der Waals surface area contributed by atoms with Crippen LogP contribution in [0.25, 0.3) is 0 Å². The van der Waals surface area contributed by atoms with Crippen LogP contribution in [-0.4, -0.2) is 61.2 Å². The van der Waals surface area contributed by atoms with Crippen molar-refractivity contribution in [2.24, 2.45) is 0 Å². The maximum atomic E-state index is 3.85. The molecule has 2 heterocycles. The molecule has 0 aromatic heterocycles. The summed E-state index contributed by atoms with van der Waals surface area (Å²) >= 11 is 0. The van der Waals surface area contributed by atoms with Crippen molar-refractivity contribution in [1.29, 1.82) is 0 Å². The molecule has 3 fully saturated rings. The minimum atomic E-state index is 0.790. The third-order valence-corrected chi connectivity index (χ3v) is 6.42. The molecule has 1 N–H and O–H groups in total. The Balaban J connectivity index is 1.30. The molecule has 21 heavy (non-hydrogen) atoms. The van der Waals surface area contributed by atoms with Gasteiger partial charge in [0, 0.05) is 24.2 Å². The van der Waals surface area contributed by atoms with E-state index in [1.165, 1.54) is 77.3 Å². The minimum Gasteiger partial charge on any atom is -0.314 e. The summed E-state index contributed by atoms with van der Waals surface area (Å²) in [6, 6.07) is 3.40. The van der Waals surface area contributed by atoms with Gasteiger partial charge >= 0.3 is 0 Å². The van der Waals surface area contributed by atoms with Gasteiger partial charge in [0.05, 0.1) is 0 Å². The van der Waals surface area contributed by atoms with E-state index in [9.17, 15) is 0 Å². The number of hydrogen-bond donors (Lipinski definition) is 1. The highest BCUT2D eigenvalue weighted by atomic mass is 15.2. The summed E-state index contributed by atoms with van der Waals surface area (Å²) in [5, 5.41) is 3.85. The lowest BCUT2D eigenvalue weighted by Gasteiger charge is -2.37. The lowest BCUT2D eigenvalue weighted by molar-refractivity contribution is 0.146. The van der Waals surface area contributed by atoms with Crippen LogP contribution in [0.3, 0.4) is 0 Å². The highest BCUT2D eigenvalue weighted by Crippen LogP contribution is 2.34. The van der Waals surface area contributed by atoms with E-state index in [1.54, 1.807) is 0 Å². The fourth-order valence-electron chi connectivity index (χ4n) is 4.92. The Morgan fingerprint density at radius 1 is 1.00 bits per heavy atom. The monoisotopic (exact) mass is 293 g/mol. The van der Waals surface area contributed by atoms with E-state index >= 15 is 0 Å². The van der Waals surface area contributed by atoms with Crippen molar-refractivity contribution in [3.8, 4) is 0 Å². The molecule has 0 amide bonds. The summed E-state index contributed by atoms with van der Waals surface area (Å²) in [5.41, 5.74) is 0. The molecule has 122 valence electrons. The molecular weight excluding hydrogens is 258 g/mol. The molecule has 2 unspecified atom stereocenters. The van der Waals surface area contributed by atoms with Crippen LogP contribution in [0.5, 0.6) is 0 Å². The van der Waals surface area contributed by atoms with Crippen molar-refractivity contribution in [1.82, 2.24) is 15.1 Å². The predicted molar refractivity (Wildman–Crippen MR) is 89.7 cm³/mol. The van der Waals surface area contributed by atoms with Crippen molar-refractivity contribution >= 4 is 0 Å². The van der Waals surface area contributed by atoms with Gasteiger partial charge < -0.3 is 15.1 Å². The fourth-order valence-corrected chi connectivity index (χ4v) is 4.92. The van der Waals surface area contributed by atoms with E-state index in [0.29, 0.717) is 0 Å². The summed E-state index contributed by atoms with van der Waals surface area (Å²) in [6.07, 6.45) is 14.2. The summed E-state index contributed by atoms with van der Waals surface area (Å²) in [5.74, 6) is 0. The second kappa shape index (κ2) is 7.43. The van der Waals surface area contributed by atoms with Crippen LogP contribution < -0.4 is 5.32 Å². The molecule has 0 aromatic carbocycles. The average Bonchev–Trinajstić information content (AvgIpc) is 2.74. The van der Waals surface area contributed by atoms with Gasteiger partial charge in [-0.1, -0.05) is 19.3 Å².